The van der Waals surface area contributed by atoms with Crippen molar-refractivity contribution in [1.29, 1.82) is 0 Å². The highest BCUT2D eigenvalue weighted by molar-refractivity contribution is 6.07. The first-order valence-electron chi connectivity index (χ1n) is 9.68. The van der Waals surface area contributed by atoms with Crippen molar-refractivity contribution in [3.8, 4) is 0 Å². The molecule has 1 heterocycles. The van der Waals surface area contributed by atoms with Gasteiger partial charge in [0.25, 0.3) is 0 Å². The Morgan fingerprint density at radius 1 is 0.815 bits per heavy atom. The fraction of sp³-hybridized carbons (Fsp3) is 0.231. The maximum atomic E-state index is 4.14. The van der Waals surface area contributed by atoms with Gasteiger partial charge in [-0.15, -0.1) is 6.58 Å². The maximum Gasteiger partial charge on any atom is 0.0491 e. The first kappa shape index (κ1) is 17.6. The van der Waals surface area contributed by atoms with Crippen molar-refractivity contribution in [3.63, 3.8) is 0 Å². The van der Waals surface area contributed by atoms with Crippen molar-refractivity contribution in [3.05, 3.63) is 96.6 Å². The second-order valence-electron chi connectivity index (χ2n) is 8.36. The lowest BCUT2D eigenvalue weighted by atomic mass is 9.85. The predicted molar refractivity (Wildman–Crippen MR) is 118 cm³/mol. The molecule has 4 rings (SSSR count). The van der Waals surface area contributed by atoms with E-state index in [0.29, 0.717) is 0 Å². The topological polar surface area (TPSA) is 4.93 Å². The Balaban J connectivity index is 1.76. The number of hydrogen-bond donors (Lipinski definition) is 0. The van der Waals surface area contributed by atoms with Gasteiger partial charge in [-0.1, -0.05) is 87.5 Å². The molecule has 0 aliphatic heterocycles. The highest BCUT2D eigenvalue weighted by Crippen LogP contribution is 2.32. The number of rotatable bonds is 4. The summed E-state index contributed by atoms with van der Waals surface area (Å²) >= 11 is 0. The fourth-order valence-corrected chi connectivity index (χ4v) is 3.94. The van der Waals surface area contributed by atoms with Crippen molar-refractivity contribution in [2.75, 3.05) is 0 Å². The van der Waals surface area contributed by atoms with Crippen molar-refractivity contribution < 1.29 is 0 Å². The molecule has 0 amide bonds. The zero-order valence-electron chi connectivity index (χ0n) is 16.4. The van der Waals surface area contributed by atoms with E-state index in [4.69, 9.17) is 0 Å². The van der Waals surface area contributed by atoms with Crippen molar-refractivity contribution in [1.82, 2.24) is 4.57 Å². The molecular formula is C26H27N. The number of aromatic nitrogens is 1. The standard InChI is InChI=1S/C26H27N/c1-5-19(20-14-16-21(17-15-20)26(2,3)4)18-27-24-12-8-6-10-22(24)23-11-7-9-13-25(23)27/h5-17,19H,1,18H2,2-4H3/t19-/m1/s1. The van der Waals surface area contributed by atoms with E-state index in [9.17, 15) is 0 Å². The van der Waals surface area contributed by atoms with Crippen molar-refractivity contribution >= 4 is 21.8 Å². The maximum absolute atomic E-state index is 4.14. The average molecular weight is 354 g/mol. The summed E-state index contributed by atoms with van der Waals surface area (Å²) in [5.74, 6) is 0.276. The number of allylic oxidation sites excluding steroid dienone is 1. The van der Waals surface area contributed by atoms with Crippen LogP contribution in [-0.4, -0.2) is 4.57 Å². The molecule has 0 saturated carbocycles. The Bertz CT molecular complexity index is 1040. The minimum absolute atomic E-state index is 0.176. The zero-order chi connectivity index (χ0) is 19.0. The lowest BCUT2D eigenvalue weighted by molar-refractivity contribution is 0.589. The van der Waals surface area contributed by atoms with E-state index in [-0.39, 0.29) is 11.3 Å². The van der Waals surface area contributed by atoms with E-state index in [1.54, 1.807) is 0 Å². The van der Waals surface area contributed by atoms with Gasteiger partial charge in [-0.05, 0) is 28.7 Å². The minimum atomic E-state index is 0.176. The quantitative estimate of drug-likeness (QED) is 0.346. The molecule has 0 unspecified atom stereocenters. The third-order valence-electron chi connectivity index (χ3n) is 5.55. The van der Waals surface area contributed by atoms with Crippen LogP contribution in [0.5, 0.6) is 0 Å². The molecule has 136 valence electrons. The molecule has 0 aliphatic rings. The van der Waals surface area contributed by atoms with E-state index >= 15 is 0 Å². The molecule has 0 radical (unpaired) electrons. The lowest BCUT2D eigenvalue weighted by Crippen LogP contribution is -2.12. The Kier molecular flexibility index (Phi) is 4.39. The average Bonchev–Trinajstić information content (AvgIpc) is 2.99. The summed E-state index contributed by atoms with van der Waals surface area (Å²) in [4.78, 5) is 0. The molecule has 1 nitrogen and oxygen atoms in total. The molecular weight excluding hydrogens is 326 g/mol. The molecule has 0 saturated heterocycles. The first-order valence-corrected chi connectivity index (χ1v) is 9.68. The second-order valence-corrected chi connectivity index (χ2v) is 8.36. The van der Waals surface area contributed by atoms with Crippen LogP contribution in [0, 0.1) is 0 Å². The molecule has 0 spiro atoms. The van der Waals surface area contributed by atoms with Crippen LogP contribution in [0.3, 0.4) is 0 Å². The molecule has 1 heteroatoms. The Morgan fingerprint density at radius 2 is 1.33 bits per heavy atom. The smallest absolute Gasteiger partial charge is 0.0491 e. The number of nitrogens with zero attached hydrogens (tertiary/aromatic N) is 1. The predicted octanol–water partition coefficient (Wildman–Crippen LogP) is 7.06. The molecule has 0 bridgehead atoms. The monoisotopic (exact) mass is 353 g/mol. The first-order chi connectivity index (χ1) is 13.0. The Hall–Kier alpha value is -2.80. The number of fused-ring (bicyclic) bond motifs is 3. The van der Waals surface area contributed by atoms with Gasteiger partial charge in [-0.25, -0.2) is 0 Å². The summed E-state index contributed by atoms with van der Waals surface area (Å²) < 4.78 is 2.44. The van der Waals surface area contributed by atoms with Crippen LogP contribution in [0.2, 0.25) is 0 Å². The molecule has 0 fully saturated rings. The van der Waals surface area contributed by atoms with Gasteiger partial charge in [0.2, 0.25) is 0 Å². The lowest BCUT2D eigenvalue weighted by Gasteiger charge is -2.21. The van der Waals surface area contributed by atoms with E-state index < -0.39 is 0 Å². The molecule has 4 aromatic rings. The minimum Gasteiger partial charge on any atom is -0.340 e. The van der Waals surface area contributed by atoms with E-state index in [1.165, 1.54) is 32.9 Å². The van der Waals surface area contributed by atoms with E-state index in [0.717, 1.165) is 6.54 Å². The van der Waals surface area contributed by atoms with Gasteiger partial charge in [-0.2, -0.15) is 0 Å². The summed E-state index contributed by atoms with van der Waals surface area (Å²) in [5.41, 5.74) is 5.44. The Labute approximate surface area is 162 Å². The largest absolute Gasteiger partial charge is 0.340 e. The molecule has 1 aromatic heterocycles. The fourth-order valence-electron chi connectivity index (χ4n) is 3.94. The van der Waals surface area contributed by atoms with Gasteiger partial charge < -0.3 is 4.57 Å². The van der Waals surface area contributed by atoms with Crippen LogP contribution >= 0.6 is 0 Å². The molecule has 0 aliphatic carbocycles. The third-order valence-corrected chi connectivity index (χ3v) is 5.55. The Morgan fingerprint density at radius 3 is 1.81 bits per heavy atom. The van der Waals surface area contributed by atoms with Crippen LogP contribution in [-0.2, 0) is 12.0 Å². The summed E-state index contributed by atoms with van der Waals surface area (Å²) in [5, 5.41) is 2.64. The van der Waals surface area contributed by atoms with Gasteiger partial charge in [0, 0.05) is 34.3 Å². The van der Waals surface area contributed by atoms with Crippen LogP contribution in [0.4, 0.5) is 0 Å². The number of hydrogen-bond acceptors (Lipinski definition) is 0. The SMILES string of the molecule is C=C[C@H](Cn1c2ccccc2c2ccccc21)c1ccc(C(C)(C)C)cc1. The summed E-state index contributed by atoms with van der Waals surface area (Å²) in [6.07, 6.45) is 2.08. The van der Waals surface area contributed by atoms with Crippen LogP contribution in [0.15, 0.2) is 85.5 Å². The summed E-state index contributed by atoms with van der Waals surface area (Å²) in [6.45, 7) is 11.8. The third kappa shape index (κ3) is 3.19. The van der Waals surface area contributed by atoms with Gasteiger partial charge in [0.05, 0.1) is 0 Å². The molecule has 27 heavy (non-hydrogen) atoms. The van der Waals surface area contributed by atoms with Crippen LogP contribution < -0.4 is 0 Å². The summed E-state index contributed by atoms with van der Waals surface area (Å²) in [7, 11) is 0. The molecule has 0 N–H and O–H groups in total. The van der Waals surface area contributed by atoms with Crippen molar-refractivity contribution in [2.24, 2.45) is 0 Å². The number of para-hydroxylation sites is 2. The van der Waals surface area contributed by atoms with Gasteiger partial charge in [0.1, 0.15) is 0 Å². The highest BCUT2D eigenvalue weighted by atomic mass is 15.0. The normalized spacial score (nSPS) is 13.1. The van der Waals surface area contributed by atoms with E-state index in [1.807, 2.05) is 0 Å². The summed E-state index contributed by atoms with van der Waals surface area (Å²) in [6, 6.07) is 26.4. The van der Waals surface area contributed by atoms with Crippen molar-refractivity contribution in [2.45, 2.75) is 38.6 Å². The highest BCUT2D eigenvalue weighted by Gasteiger charge is 2.17. The van der Waals surface area contributed by atoms with Gasteiger partial charge in [0.15, 0.2) is 0 Å². The van der Waals surface area contributed by atoms with Gasteiger partial charge >= 0.3 is 0 Å². The second kappa shape index (κ2) is 6.74. The van der Waals surface area contributed by atoms with Crippen LogP contribution in [0.25, 0.3) is 21.8 Å². The van der Waals surface area contributed by atoms with Crippen LogP contribution in [0.1, 0.15) is 37.8 Å². The van der Waals surface area contributed by atoms with Gasteiger partial charge in [-0.3, -0.25) is 0 Å². The number of benzene rings is 3. The zero-order valence-corrected chi connectivity index (χ0v) is 16.4. The molecule has 1 atom stereocenters. The molecule has 3 aromatic carbocycles. The van der Waals surface area contributed by atoms with E-state index in [2.05, 4.69) is 111 Å².